The van der Waals surface area contributed by atoms with Gasteiger partial charge in [-0.25, -0.2) is 4.79 Å². The highest BCUT2D eigenvalue weighted by Gasteiger charge is 2.33. The van der Waals surface area contributed by atoms with Crippen molar-refractivity contribution < 1.29 is 23.9 Å². The molecule has 0 saturated carbocycles. The number of ether oxygens (including phenoxy) is 2. The van der Waals surface area contributed by atoms with Crippen molar-refractivity contribution in [1.29, 1.82) is 0 Å². The molecule has 0 N–H and O–H groups in total. The van der Waals surface area contributed by atoms with Crippen molar-refractivity contribution >= 4 is 17.7 Å². The molecule has 0 heterocycles. The minimum atomic E-state index is -1.26. The Morgan fingerprint density at radius 2 is 1.75 bits per heavy atom. The molecule has 0 rings (SSSR count). The first-order valence-electron chi connectivity index (χ1n) is 4.89. The van der Waals surface area contributed by atoms with Crippen LogP contribution in [-0.4, -0.2) is 30.9 Å². The highest BCUT2D eigenvalue weighted by Crippen LogP contribution is 2.08. The van der Waals surface area contributed by atoms with Gasteiger partial charge in [-0.15, -0.1) is 12.3 Å². The van der Waals surface area contributed by atoms with Crippen LogP contribution < -0.4 is 0 Å². The largest absolute Gasteiger partial charge is 0.465 e. The quantitative estimate of drug-likeness (QED) is 0.282. The summed E-state index contributed by atoms with van der Waals surface area (Å²) in [5, 5.41) is 0. The average molecular weight is 226 g/mol. The summed E-state index contributed by atoms with van der Waals surface area (Å²) in [7, 11) is 0. The molecule has 0 aliphatic carbocycles. The van der Waals surface area contributed by atoms with Crippen LogP contribution in [-0.2, 0) is 23.9 Å². The molecule has 0 aromatic heterocycles. The third kappa shape index (κ3) is 4.13. The van der Waals surface area contributed by atoms with Crippen molar-refractivity contribution in [3.05, 3.63) is 0 Å². The second-order valence-corrected chi connectivity index (χ2v) is 2.80. The fourth-order valence-corrected chi connectivity index (χ4v) is 0.988. The van der Waals surface area contributed by atoms with Crippen LogP contribution >= 0.6 is 0 Å². The van der Waals surface area contributed by atoms with E-state index in [4.69, 9.17) is 6.42 Å². The maximum atomic E-state index is 11.5. The van der Waals surface area contributed by atoms with Crippen molar-refractivity contribution in [2.24, 2.45) is 5.92 Å². The lowest BCUT2D eigenvalue weighted by Crippen LogP contribution is -2.32. The SMILES string of the molecule is C#CCC(C(=O)OCC)C(=O)C(=O)OCC. The van der Waals surface area contributed by atoms with Crippen molar-refractivity contribution in [3.63, 3.8) is 0 Å². The molecule has 16 heavy (non-hydrogen) atoms. The number of hydrogen-bond donors (Lipinski definition) is 0. The lowest BCUT2D eigenvalue weighted by atomic mass is 10.0. The maximum Gasteiger partial charge on any atom is 0.375 e. The molecular weight excluding hydrogens is 212 g/mol. The lowest BCUT2D eigenvalue weighted by Gasteiger charge is -2.10. The Labute approximate surface area is 94.1 Å². The number of carbonyl (C=O) groups is 3. The van der Waals surface area contributed by atoms with E-state index in [9.17, 15) is 14.4 Å². The standard InChI is InChI=1S/C11H14O5/c1-4-7-8(10(13)15-5-2)9(12)11(14)16-6-3/h1,8H,5-7H2,2-3H3. The minimum Gasteiger partial charge on any atom is -0.465 e. The fourth-order valence-electron chi connectivity index (χ4n) is 0.988. The molecule has 0 bridgehead atoms. The third-order valence-corrected chi connectivity index (χ3v) is 1.69. The van der Waals surface area contributed by atoms with Crippen molar-refractivity contribution in [3.8, 4) is 12.3 Å². The first-order valence-corrected chi connectivity index (χ1v) is 4.89. The number of ketones is 1. The highest BCUT2D eigenvalue weighted by atomic mass is 16.5. The van der Waals surface area contributed by atoms with Crippen LogP contribution in [0.1, 0.15) is 20.3 Å². The van der Waals surface area contributed by atoms with Gasteiger partial charge in [0.15, 0.2) is 0 Å². The van der Waals surface area contributed by atoms with Crippen LogP contribution in [0.5, 0.6) is 0 Å². The predicted octanol–water partition coefficient (Wildman–Crippen LogP) is 0.321. The normalized spacial score (nSPS) is 11.1. The van der Waals surface area contributed by atoms with E-state index in [1.807, 2.05) is 0 Å². The van der Waals surface area contributed by atoms with Crippen LogP contribution in [0, 0.1) is 18.3 Å². The van der Waals surface area contributed by atoms with Crippen molar-refractivity contribution in [2.45, 2.75) is 20.3 Å². The molecule has 1 unspecified atom stereocenters. The number of Topliss-reactive ketones (excluding diaryl/α,β-unsaturated/α-hetero) is 1. The number of rotatable bonds is 6. The molecule has 1 atom stereocenters. The Hall–Kier alpha value is -1.83. The molecule has 88 valence electrons. The summed E-state index contributed by atoms with van der Waals surface area (Å²) >= 11 is 0. The molecule has 0 radical (unpaired) electrons. The monoisotopic (exact) mass is 226 g/mol. The maximum absolute atomic E-state index is 11.5. The van der Waals surface area contributed by atoms with Gasteiger partial charge in [-0.3, -0.25) is 9.59 Å². The molecule has 5 heteroatoms. The van der Waals surface area contributed by atoms with Gasteiger partial charge in [-0.2, -0.15) is 0 Å². The van der Waals surface area contributed by atoms with E-state index in [1.54, 1.807) is 13.8 Å². The molecular formula is C11H14O5. The van der Waals surface area contributed by atoms with Crippen LogP contribution in [0.4, 0.5) is 0 Å². The molecule has 0 aliphatic heterocycles. The van der Waals surface area contributed by atoms with Crippen LogP contribution in [0.25, 0.3) is 0 Å². The van der Waals surface area contributed by atoms with Crippen LogP contribution in [0.3, 0.4) is 0 Å². The van der Waals surface area contributed by atoms with E-state index < -0.39 is 23.6 Å². The van der Waals surface area contributed by atoms with E-state index in [1.165, 1.54) is 0 Å². The first-order chi connectivity index (χ1) is 7.58. The van der Waals surface area contributed by atoms with Gasteiger partial charge in [-0.1, -0.05) is 0 Å². The van der Waals surface area contributed by atoms with E-state index in [-0.39, 0.29) is 19.6 Å². The molecule has 0 aromatic rings. The summed E-state index contributed by atoms with van der Waals surface area (Å²) in [5.41, 5.74) is 0. The van der Waals surface area contributed by atoms with Gasteiger partial charge in [0.2, 0.25) is 0 Å². The Morgan fingerprint density at radius 1 is 1.19 bits per heavy atom. The lowest BCUT2D eigenvalue weighted by molar-refractivity contribution is -0.161. The molecule has 0 fully saturated rings. The van der Waals surface area contributed by atoms with Crippen molar-refractivity contribution in [1.82, 2.24) is 0 Å². The predicted molar refractivity (Wildman–Crippen MR) is 55.2 cm³/mol. The molecule has 0 aliphatic rings. The Morgan fingerprint density at radius 3 is 2.19 bits per heavy atom. The van der Waals surface area contributed by atoms with E-state index in [0.29, 0.717) is 0 Å². The second kappa shape index (κ2) is 7.46. The van der Waals surface area contributed by atoms with E-state index in [0.717, 1.165) is 0 Å². The zero-order valence-corrected chi connectivity index (χ0v) is 9.32. The molecule has 0 aromatic carbocycles. The summed E-state index contributed by atoms with van der Waals surface area (Å²) in [5.74, 6) is -1.92. The molecule has 0 saturated heterocycles. The fraction of sp³-hybridized carbons (Fsp3) is 0.545. The minimum absolute atomic E-state index is 0.0656. The number of esters is 2. The van der Waals surface area contributed by atoms with Gasteiger partial charge in [0.1, 0.15) is 5.92 Å². The summed E-state index contributed by atoms with van der Waals surface area (Å²) in [4.78, 5) is 33.9. The zero-order valence-electron chi connectivity index (χ0n) is 9.32. The second-order valence-electron chi connectivity index (χ2n) is 2.80. The zero-order chi connectivity index (χ0) is 12.6. The summed E-state index contributed by atoms with van der Waals surface area (Å²) in [6.45, 7) is 3.34. The van der Waals surface area contributed by atoms with Gasteiger partial charge < -0.3 is 9.47 Å². The number of hydrogen-bond acceptors (Lipinski definition) is 5. The van der Waals surface area contributed by atoms with Crippen LogP contribution in [0.2, 0.25) is 0 Å². The molecule has 0 amide bonds. The summed E-state index contributed by atoms with van der Waals surface area (Å²) < 4.78 is 9.14. The Bertz CT molecular complexity index is 313. The Balaban J connectivity index is 4.65. The van der Waals surface area contributed by atoms with Gasteiger partial charge in [0.05, 0.1) is 13.2 Å². The summed E-state index contributed by atoms with van der Waals surface area (Å²) in [6, 6.07) is 0. The van der Waals surface area contributed by atoms with E-state index >= 15 is 0 Å². The molecule has 0 spiro atoms. The topological polar surface area (TPSA) is 69.7 Å². The summed E-state index contributed by atoms with van der Waals surface area (Å²) in [6.07, 6.45) is 4.84. The molecule has 5 nitrogen and oxygen atoms in total. The van der Waals surface area contributed by atoms with Gasteiger partial charge in [0.25, 0.3) is 5.78 Å². The highest BCUT2D eigenvalue weighted by molar-refractivity contribution is 6.37. The number of carbonyl (C=O) groups excluding carboxylic acids is 3. The van der Waals surface area contributed by atoms with Crippen LogP contribution in [0.15, 0.2) is 0 Å². The average Bonchev–Trinajstić information content (AvgIpc) is 2.25. The van der Waals surface area contributed by atoms with Crippen molar-refractivity contribution in [2.75, 3.05) is 13.2 Å². The number of terminal acetylenes is 1. The third-order valence-electron chi connectivity index (χ3n) is 1.69. The van der Waals surface area contributed by atoms with Gasteiger partial charge >= 0.3 is 11.9 Å². The smallest absolute Gasteiger partial charge is 0.375 e. The Kier molecular flexibility index (Phi) is 6.61. The first kappa shape index (κ1) is 14.2. The van der Waals surface area contributed by atoms with Gasteiger partial charge in [0, 0.05) is 6.42 Å². The van der Waals surface area contributed by atoms with Gasteiger partial charge in [-0.05, 0) is 13.8 Å². The van der Waals surface area contributed by atoms with E-state index in [2.05, 4.69) is 15.4 Å².